The van der Waals surface area contributed by atoms with Crippen molar-refractivity contribution in [1.82, 2.24) is 4.90 Å². The first-order chi connectivity index (χ1) is 11.7. The van der Waals surface area contributed by atoms with Gasteiger partial charge in [-0.25, -0.2) is 8.42 Å². The monoisotopic (exact) mass is 375 g/mol. The maximum Gasteiger partial charge on any atom is 0.416 e. The summed E-state index contributed by atoms with van der Waals surface area (Å²) in [4.78, 5) is 2.56. The van der Waals surface area contributed by atoms with E-state index in [4.69, 9.17) is 0 Å². The van der Waals surface area contributed by atoms with Gasteiger partial charge in [0.2, 0.25) is 0 Å². The quantitative estimate of drug-likeness (QED) is 0.750. The van der Waals surface area contributed by atoms with Gasteiger partial charge in [-0.15, -0.1) is 0 Å². The normalized spacial score (nSPS) is 25.4. The molecule has 1 spiro atoms. The van der Waals surface area contributed by atoms with Crippen molar-refractivity contribution < 1.29 is 21.6 Å². The third-order valence-corrected chi connectivity index (χ3v) is 7.57. The fraction of sp³-hybridized carbons (Fsp3) is 0.667. The molecule has 2 aliphatic heterocycles. The van der Waals surface area contributed by atoms with Gasteiger partial charge in [0.1, 0.15) is 0 Å². The minimum atomic E-state index is -4.21. The Morgan fingerprint density at radius 2 is 1.64 bits per heavy atom. The molecule has 1 aromatic carbocycles. The van der Waals surface area contributed by atoms with Crippen molar-refractivity contribution in [3.63, 3.8) is 0 Å². The molecule has 1 saturated carbocycles. The van der Waals surface area contributed by atoms with Crippen molar-refractivity contribution in [2.24, 2.45) is 5.41 Å². The molecule has 0 aromatic heterocycles. The number of nitrogens with zero attached hydrogens (tertiary/aromatic N) is 1. The van der Waals surface area contributed by atoms with Gasteiger partial charge in [0, 0.05) is 18.0 Å². The SMILES string of the molecule is FC(F)(F)c1ccccc1.O=S1(=O)CC2(CCN(C3CCCC3)C2)C1. The highest BCUT2D eigenvalue weighted by Crippen LogP contribution is 2.43. The van der Waals surface area contributed by atoms with Gasteiger partial charge in [0.15, 0.2) is 9.84 Å². The summed E-state index contributed by atoms with van der Waals surface area (Å²) < 4.78 is 57.9. The highest BCUT2D eigenvalue weighted by Gasteiger charge is 2.52. The summed E-state index contributed by atoms with van der Waals surface area (Å²) in [6, 6.07) is 7.13. The molecule has 0 N–H and O–H groups in total. The third kappa shape index (κ3) is 4.56. The molecule has 0 atom stereocenters. The van der Waals surface area contributed by atoms with Crippen LogP contribution in [0.4, 0.5) is 13.2 Å². The van der Waals surface area contributed by atoms with Crippen LogP contribution in [0.25, 0.3) is 0 Å². The topological polar surface area (TPSA) is 37.4 Å². The lowest BCUT2D eigenvalue weighted by molar-refractivity contribution is -0.137. The number of halogens is 3. The van der Waals surface area contributed by atoms with Gasteiger partial charge in [0.25, 0.3) is 0 Å². The maximum absolute atomic E-state index is 11.8. The largest absolute Gasteiger partial charge is 0.416 e. The van der Waals surface area contributed by atoms with Gasteiger partial charge in [-0.05, 0) is 25.8 Å². The van der Waals surface area contributed by atoms with E-state index in [0.717, 1.165) is 37.7 Å². The second kappa shape index (κ2) is 6.91. The molecular weight excluding hydrogens is 351 g/mol. The van der Waals surface area contributed by atoms with Crippen molar-refractivity contribution >= 4 is 9.84 Å². The van der Waals surface area contributed by atoms with Gasteiger partial charge in [0.05, 0.1) is 17.1 Å². The highest BCUT2D eigenvalue weighted by molar-refractivity contribution is 7.92. The zero-order valence-electron chi connectivity index (χ0n) is 14.1. The van der Waals surface area contributed by atoms with E-state index in [0.29, 0.717) is 11.5 Å². The third-order valence-electron chi connectivity index (χ3n) is 5.46. The summed E-state index contributed by atoms with van der Waals surface area (Å²) in [7, 11) is -2.65. The zero-order chi connectivity index (χ0) is 18.1. The van der Waals surface area contributed by atoms with Crippen LogP contribution in [0.15, 0.2) is 30.3 Å². The number of hydrogen-bond acceptors (Lipinski definition) is 3. The number of alkyl halides is 3. The van der Waals surface area contributed by atoms with Crippen molar-refractivity contribution in [3.05, 3.63) is 35.9 Å². The van der Waals surface area contributed by atoms with E-state index in [1.807, 2.05) is 0 Å². The van der Waals surface area contributed by atoms with Crippen LogP contribution >= 0.6 is 0 Å². The Kier molecular flexibility index (Phi) is 5.17. The standard InChI is InChI=1S/C11H19NO2S.C7H5F3/c13-15(14)8-11(9-15)5-6-12(7-11)10-3-1-2-4-10;8-7(9,10)6-4-2-1-3-5-6/h10H,1-9H2;1-5H. The lowest BCUT2D eigenvalue weighted by Crippen LogP contribution is -2.50. The molecule has 2 heterocycles. The Morgan fingerprint density at radius 1 is 1.04 bits per heavy atom. The summed E-state index contributed by atoms with van der Waals surface area (Å²) in [6.07, 6.45) is 2.31. The van der Waals surface area contributed by atoms with Gasteiger partial charge in [-0.2, -0.15) is 13.2 Å². The van der Waals surface area contributed by atoms with Crippen LogP contribution in [0.3, 0.4) is 0 Å². The fourth-order valence-corrected chi connectivity index (χ4v) is 6.56. The molecule has 3 nitrogen and oxygen atoms in total. The smallest absolute Gasteiger partial charge is 0.300 e. The van der Waals surface area contributed by atoms with Crippen molar-refractivity contribution in [2.75, 3.05) is 24.6 Å². The summed E-state index contributed by atoms with van der Waals surface area (Å²) >= 11 is 0. The lowest BCUT2D eigenvalue weighted by Gasteiger charge is -2.38. The molecule has 3 fully saturated rings. The summed E-state index contributed by atoms with van der Waals surface area (Å²) in [5.41, 5.74) is -0.434. The predicted molar refractivity (Wildman–Crippen MR) is 91.0 cm³/mol. The first-order valence-corrected chi connectivity index (χ1v) is 10.6. The first kappa shape index (κ1) is 18.7. The number of likely N-dealkylation sites (tertiary alicyclic amines) is 1. The van der Waals surface area contributed by atoms with Crippen LogP contribution in [0.2, 0.25) is 0 Å². The van der Waals surface area contributed by atoms with Gasteiger partial charge < -0.3 is 0 Å². The van der Waals surface area contributed by atoms with Crippen molar-refractivity contribution in [1.29, 1.82) is 0 Å². The highest BCUT2D eigenvalue weighted by atomic mass is 32.2. The van der Waals surface area contributed by atoms with Crippen LogP contribution in [0.5, 0.6) is 0 Å². The Hall–Kier alpha value is -1.08. The van der Waals surface area contributed by atoms with E-state index >= 15 is 0 Å². The molecule has 7 heteroatoms. The van der Waals surface area contributed by atoms with Crippen LogP contribution in [0, 0.1) is 5.41 Å². The number of rotatable bonds is 1. The van der Waals surface area contributed by atoms with Gasteiger partial charge in [-0.3, -0.25) is 4.90 Å². The van der Waals surface area contributed by atoms with Gasteiger partial charge in [-0.1, -0.05) is 43.2 Å². The van der Waals surface area contributed by atoms with Crippen LogP contribution in [-0.4, -0.2) is 44.0 Å². The van der Waals surface area contributed by atoms with E-state index in [-0.39, 0.29) is 5.41 Å². The second-order valence-corrected chi connectivity index (χ2v) is 9.62. The molecule has 0 bridgehead atoms. The Labute approximate surface area is 147 Å². The van der Waals surface area contributed by atoms with E-state index in [1.165, 1.54) is 37.8 Å². The van der Waals surface area contributed by atoms with E-state index in [1.54, 1.807) is 6.07 Å². The second-order valence-electron chi connectivity index (χ2n) is 7.55. The Balaban J connectivity index is 0.000000160. The van der Waals surface area contributed by atoms with Crippen LogP contribution in [0.1, 0.15) is 37.7 Å². The van der Waals surface area contributed by atoms with Crippen molar-refractivity contribution in [2.45, 2.75) is 44.3 Å². The average Bonchev–Trinajstić information content (AvgIpc) is 3.16. The van der Waals surface area contributed by atoms with Gasteiger partial charge >= 0.3 is 6.18 Å². The fourth-order valence-electron chi connectivity index (χ4n) is 4.30. The minimum Gasteiger partial charge on any atom is -0.300 e. The molecule has 0 unspecified atom stereocenters. The van der Waals surface area contributed by atoms with E-state index in [2.05, 4.69) is 4.90 Å². The van der Waals surface area contributed by atoms with E-state index < -0.39 is 21.6 Å². The summed E-state index contributed by atoms with van der Waals surface area (Å²) in [5, 5.41) is 0. The van der Waals surface area contributed by atoms with Crippen LogP contribution < -0.4 is 0 Å². The molecule has 25 heavy (non-hydrogen) atoms. The van der Waals surface area contributed by atoms with Crippen molar-refractivity contribution in [3.8, 4) is 0 Å². The molecule has 0 radical (unpaired) electrons. The van der Waals surface area contributed by atoms with Crippen LogP contribution in [-0.2, 0) is 16.0 Å². The average molecular weight is 375 g/mol. The molecule has 3 aliphatic rings. The Bertz CT molecular complexity index is 670. The molecule has 1 aromatic rings. The maximum atomic E-state index is 11.8. The predicted octanol–water partition coefficient (Wildman–Crippen LogP) is 3.75. The first-order valence-electron chi connectivity index (χ1n) is 8.76. The molecule has 0 amide bonds. The number of hydrogen-bond donors (Lipinski definition) is 0. The zero-order valence-corrected chi connectivity index (χ0v) is 15.0. The summed E-state index contributed by atoms with van der Waals surface area (Å²) in [5.74, 6) is 0.923. The molecule has 140 valence electrons. The number of benzene rings is 1. The lowest BCUT2D eigenvalue weighted by atomic mass is 9.91. The molecule has 4 rings (SSSR count). The minimum absolute atomic E-state index is 0.168. The Morgan fingerprint density at radius 3 is 2.12 bits per heavy atom. The summed E-state index contributed by atoms with van der Waals surface area (Å²) in [6.45, 7) is 2.19. The molecule has 1 aliphatic carbocycles. The number of sulfone groups is 1. The van der Waals surface area contributed by atoms with E-state index in [9.17, 15) is 21.6 Å². The molecule has 2 saturated heterocycles. The molecular formula is C18H24F3NO2S.